The number of thioether (sulfide) groups is 1. The molecular formula is C31H37N3O2S. The van der Waals surface area contributed by atoms with Crippen molar-refractivity contribution in [2.45, 2.75) is 38.0 Å². The monoisotopic (exact) mass is 515 g/mol. The number of nitrogens with zero attached hydrogens (tertiary/aromatic N) is 1. The van der Waals surface area contributed by atoms with Gasteiger partial charge in [-0.25, -0.2) is 0 Å². The predicted molar refractivity (Wildman–Crippen MR) is 154 cm³/mol. The number of hydrogen-bond donors (Lipinski definition) is 2. The molecule has 194 valence electrons. The lowest BCUT2D eigenvalue weighted by molar-refractivity contribution is -0.113. The summed E-state index contributed by atoms with van der Waals surface area (Å²) in [7, 11) is 0. The van der Waals surface area contributed by atoms with Gasteiger partial charge in [0, 0.05) is 35.9 Å². The second-order valence-electron chi connectivity index (χ2n) is 10.1. The molecule has 0 unspecified atom stereocenters. The molecule has 1 aliphatic rings. The number of piperidine rings is 1. The van der Waals surface area contributed by atoms with Crippen LogP contribution in [0.25, 0.3) is 0 Å². The number of anilines is 2. The molecule has 1 aliphatic heterocycles. The second-order valence-corrected chi connectivity index (χ2v) is 11.2. The highest BCUT2D eigenvalue weighted by Gasteiger charge is 2.24. The predicted octanol–water partition coefficient (Wildman–Crippen LogP) is 6.26. The molecule has 4 rings (SSSR count). The summed E-state index contributed by atoms with van der Waals surface area (Å²) in [6, 6.07) is 26.3. The van der Waals surface area contributed by atoms with Crippen LogP contribution in [0.5, 0.6) is 0 Å². The quantitative estimate of drug-likeness (QED) is 0.313. The Morgan fingerprint density at radius 1 is 0.946 bits per heavy atom. The molecule has 3 aromatic carbocycles. The third kappa shape index (κ3) is 8.12. The van der Waals surface area contributed by atoms with Crippen molar-refractivity contribution in [3.05, 3.63) is 90.0 Å². The van der Waals surface area contributed by atoms with E-state index in [-0.39, 0.29) is 11.8 Å². The summed E-state index contributed by atoms with van der Waals surface area (Å²) in [5.74, 6) is 1.15. The molecule has 6 heteroatoms. The van der Waals surface area contributed by atoms with E-state index in [0.29, 0.717) is 35.4 Å². The van der Waals surface area contributed by atoms with Gasteiger partial charge in [0.15, 0.2) is 0 Å². The zero-order valence-electron chi connectivity index (χ0n) is 21.8. The number of rotatable bonds is 10. The van der Waals surface area contributed by atoms with E-state index in [1.165, 1.54) is 17.3 Å². The van der Waals surface area contributed by atoms with Crippen LogP contribution < -0.4 is 15.5 Å². The highest BCUT2D eigenvalue weighted by molar-refractivity contribution is 8.00. The molecule has 37 heavy (non-hydrogen) atoms. The first-order valence-corrected chi connectivity index (χ1v) is 14.2. The van der Waals surface area contributed by atoms with Crippen molar-refractivity contribution in [3.8, 4) is 0 Å². The van der Waals surface area contributed by atoms with Gasteiger partial charge < -0.3 is 15.5 Å². The van der Waals surface area contributed by atoms with E-state index >= 15 is 0 Å². The average Bonchev–Trinajstić information content (AvgIpc) is 2.92. The van der Waals surface area contributed by atoms with Crippen LogP contribution in [-0.2, 0) is 11.2 Å². The number of carbonyl (C=O) groups is 2. The van der Waals surface area contributed by atoms with E-state index in [4.69, 9.17) is 0 Å². The van der Waals surface area contributed by atoms with E-state index < -0.39 is 0 Å². The standard InChI is InChI=1S/C31H37N3O2S/c1-23(2)21-32-31(36)28-20-26(33-30(35)22-37-27-11-7-4-8-12-27)13-14-29(28)34-17-15-25(16-18-34)19-24-9-5-3-6-10-24/h3-14,20,23,25H,15-19,21-22H2,1-2H3,(H,32,36)(H,33,35). The van der Waals surface area contributed by atoms with E-state index in [1.807, 2.05) is 48.5 Å². The molecule has 0 spiro atoms. The Kier molecular flexibility index (Phi) is 9.66. The summed E-state index contributed by atoms with van der Waals surface area (Å²) in [5, 5.41) is 6.04. The van der Waals surface area contributed by atoms with Crippen molar-refractivity contribution in [1.29, 1.82) is 0 Å². The van der Waals surface area contributed by atoms with E-state index in [0.717, 1.165) is 42.9 Å². The summed E-state index contributed by atoms with van der Waals surface area (Å²) in [5.41, 5.74) is 3.60. The van der Waals surface area contributed by atoms with Gasteiger partial charge in [-0.15, -0.1) is 11.8 Å². The summed E-state index contributed by atoms with van der Waals surface area (Å²) in [6.45, 7) is 6.62. The van der Waals surface area contributed by atoms with Crippen molar-refractivity contribution in [3.63, 3.8) is 0 Å². The van der Waals surface area contributed by atoms with Crippen LogP contribution in [0.2, 0.25) is 0 Å². The van der Waals surface area contributed by atoms with Crippen LogP contribution in [0, 0.1) is 11.8 Å². The fourth-order valence-corrected chi connectivity index (χ4v) is 5.37. The largest absolute Gasteiger partial charge is 0.371 e. The maximum Gasteiger partial charge on any atom is 0.253 e. The van der Waals surface area contributed by atoms with Gasteiger partial charge in [0.1, 0.15) is 0 Å². The molecule has 5 nitrogen and oxygen atoms in total. The molecule has 0 radical (unpaired) electrons. The summed E-state index contributed by atoms with van der Waals surface area (Å²) in [6.07, 6.45) is 3.29. The number of amides is 2. The van der Waals surface area contributed by atoms with Crippen LogP contribution in [0.3, 0.4) is 0 Å². The van der Waals surface area contributed by atoms with E-state index in [9.17, 15) is 9.59 Å². The van der Waals surface area contributed by atoms with Crippen LogP contribution in [-0.4, -0.2) is 37.2 Å². The second kappa shape index (κ2) is 13.3. The first-order chi connectivity index (χ1) is 18.0. The fraction of sp³-hybridized carbons (Fsp3) is 0.355. The Bertz CT molecular complexity index is 1160. The Morgan fingerprint density at radius 2 is 1.62 bits per heavy atom. The molecule has 3 aromatic rings. The minimum Gasteiger partial charge on any atom is -0.371 e. The zero-order chi connectivity index (χ0) is 26.0. The van der Waals surface area contributed by atoms with Crippen molar-refractivity contribution >= 4 is 35.0 Å². The average molecular weight is 516 g/mol. The Balaban J connectivity index is 1.43. The first-order valence-electron chi connectivity index (χ1n) is 13.2. The van der Waals surface area contributed by atoms with Crippen LogP contribution in [0.15, 0.2) is 83.8 Å². The highest BCUT2D eigenvalue weighted by Crippen LogP contribution is 2.30. The highest BCUT2D eigenvalue weighted by atomic mass is 32.2. The maximum absolute atomic E-state index is 13.2. The SMILES string of the molecule is CC(C)CNC(=O)c1cc(NC(=O)CSc2ccccc2)ccc1N1CCC(Cc2ccccc2)CC1. The van der Waals surface area contributed by atoms with Gasteiger partial charge in [0.25, 0.3) is 5.91 Å². The molecule has 1 saturated heterocycles. The molecule has 0 bridgehead atoms. The number of nitrogens with one attached hydrogen (secondary N) is 2. The Labute approximate surface area is 225 Å². The number of hydrogen-bond acceptors (Lipinski definition) is 4. The summed E-state index contributed by atoms with van der Waals surface area (Å²) in [4.78, 5) is 29.2. The van der Waals surface area contributed by atoms with Gasteiger partial charge in [-0.05, 0) is 67.0 Å². The summed E-state index contributed by atoms with van der Waals surface area (Å²) < 4.78 is 0. The normalized spacial score (nSPS) is 14.0. The third-order valence-corrected chi connectivity index (χ3v) is 7.64. The molecule has 0 aromatic heterocycles. The number of carbonyl (C=O) groups excluding carboxylic acids is 2. The molecule has 0 atom stereocenters. The Hall–Kier alpha value is -3.25. The van der Waals surface area contributed by atoms with Crippen LogP contribution in [0.1, 0.15) is 42.6 Å². The third-order valence-electron chi connectivity index (χ3n) is 6.63. The van der Waals surface area contributed by atoms with E-state index in [2.05, 4.69) is 59.7 Å². The van der Waals surface area contributed by atoms with Crippen molar-refractivity contribution < 1.29 is 9.59 Å². The van der Waals surface area contributed by atoms with Gasteiger partial charge in [-0.3, -0.25) is 9.59 Å². The van der Waals surface area contributed by atoms with Gasteiger partial charge in [-0.2, -0.15) is 0 Å². The van der Waals surface area contributed by atoms with Gasteiger partial charge in [0.05, 0.1) is 11.3 Å². The van der Waals surface area contributed by atoms with Crippen LogP contribution >= 0.6 is 11.8 Å². The van der Waals surface area contributed by atoms with Crippen molar-refractivity contribution in [2.75, 3.05) is 35.6 Å². The topological polar surface area (TPSA) is 61.4 Å². The van der Waals surface area contributed by atoms with E-state index in [1.54, 1.807) is 0 Å². The summed E-state index contributed by atoms with van der Waals surface area (Å²) >= 11 is 1.50. The van der Waals surface area contributed by atoms with Gasteiger partial charge in [-0.1, -0.05) is 62.4 Å². The van der Waals surface area contributed by atoms with Crippen LogP contribution in [0.4, 0.5) is 11.4 Å². The lowest BCUT2D eigenvalue weighted by Gasteiger charge is -2.35. The first kappa shape index (κ1) is 26.8. The molecular weight excluding hydrogens is 478 g/mol. The minimum absolute atomic E-state index is 0.0862. The molecule has 1 fully saturated rings. The molecule has 2 N–H and O–H groups in total. The minimum atomic E-state index is -0.0927. The van der Waals surface area contributed by atoms with Crippen molar-refractivity contribution in [1.82, 2.24) is 5.32 Å². The maximum atomic E-state index is 13.2. The van der Waals surface area contributed by atoms with Crippen molar-refractivity contribution in [2.24, 2.45) is 11.8 Å². The molecule has 0 aliphatic carbocycles. The molecule has 0 saturated carbocycles. The lowest BCUT2D eigenvalue weighted by Crippen LogP contribution is -2.36. The number of benzene rings is 3. The smallest absolute Gasteiger partial charge is 0.253 e. The lowest BCUT2D eigenvalue weighted by atomic mass is 9.89. The molecule has 2 amide bonds. The Morgan fingerprint density at radius 3 is 2.30 bits per heavy atom. The van der Waals surface area contributed by atoms with Gasteiger partial charge in [0.2, 0.25) is 5.91 Å². The zero-order valence-corrected chi connectivity index (χ0v) is 22.6. The molecule has 1 heterocycles. The fourth-order valence-electron chi connectivity index (χ4n) is 4.65. The van der Waals surface area contributed by atoms with Gasteiger partial charge >= 0.3 is 0 Å².